The Morgan fingerprint density at radius 2 is 1.96 bits per heavy atom. The first-order chi connectivity index (χ1) is 11.6. The summed E-state index contributed by atoms with van der Waals surface area (Å²) in [6.07, 6.45) is 1.75. The zero-order valence-electron chi connectivity index (χ0n) is 14.3. The second kappa shape index (κ2) is 6.66. The van der Waals surface area contributed by atoms with Crippen molar-refractivity contribution in [3.63, 3.8) is 0 Å². The number of benzene rings is 1. The first-order valence-electron chi connectivity index (χ1n) is 7.82. The third-order valence-corrected chi connectivity index (χ3v) is 3.51. The molecule has 3 rings (SSSR count). The molecule has 0 aliphatic carbocycles. The molecule has 124 valence electrons. The lowest BCUT2D eigenvalue weighted by molar-refractivity contribution is 0.340. The molecule has 0 aliphatic heterocycles. The molecule has 0 atom stereocenters. The van der Waals surface area contributed by atoms with Crippen LogP contribution in [0.25, 0.3) is 5.95 Å². The minimum absolute atomic E-state index is 0.559. The van der Waals surface area contributed by atoms with Crippen molar-refractivity contribution in [3.05, 3.63) is 53.1 Å². The second-order valence-corrected chi connectivity index (χ2v) is 5.41. The average molecular weight is 324 g/mol. The number of nitrogens with zero attached hydrogens (tertiary/aromatic N) is 6. The zero-order chi connectivity index (χ0) is 17.1. The predicted octanol–water partition coefficient (Wildman–Crippen LogP) is 2.67. The maximum atomic E-state index is 5.63. The number of ether oxygens (including phenoxy) is 1. The number of aromatic nitrogens is 5. The third kappa shape index (κ3) is 3.05. The van der Waals surface area contributed by atoms with Crippen LogP contribution in [0.15, 0.2) is 35.4 Å². The molecule has 0 radical (unpaired) electrons. The van der Waals surface area contributed by atoms with Gasteiger partial charge in [-0.05, 0) is 45.9 Å². The van der Waals surface area contributed by atoms with E-state index in [4.69, 9.17) is 4.74 Å². The van der Waals surface area contributed by atoms with Crippen molar-refractivity contribution in [1.29, 1.82) is 0 Å². The molecule has 2 heterocycles. The van der Waals surface area contributed by atoms with Crippen LogP contribution in [0.5, 0.6) is 5.75 Å². The number of hydrogen-bond acceptors (Lipinski definition) is 5. The van der Waals surface area contributed by atoms with Gasteiger partial charge in [0, 0.05) is 11.3 Å². The van der Waals surface area contributed by atoms with Crippen molar-refractivity contribution < 1.29 is 4.74 Å². The second-order valence-electron chi connectivity index (χ2n) is 5.41. The van der Waals surface area contributed by atoms with Gasteiger partial charge in [-0.1, -0.05) is 12.1 Å². The van der Waals surface area contributed by atoms with Crippen molar-refractivity contribution in [2.45, 2.75) is 27.7 Å². The van der Waals surface area contributed by atoms with Gasteiger partial charge in [0.25, 0.3) is 5.95 Å². The van der Waals surface area contributed by atoms with Gasteiger partial charge in [-0.15, -0.1) is 10.2 Å². The minimum atomic E-state index is 0.559. The quantitative estimate of drug-likeness (QED) is 0.677. The Kier molecular flexibility index (Phi) is 4.41. The minimum Gasteiger partial charge on any atom is -0.493 e. The highest BCUT2D eigenvalue weighted by Crippen LogP contribution is 2.17. The van der Waals surface area contributed by atoms with Crippen LogP contribution in [0.3, 0.4) is 0 Å². The van der Waals surface area contributed by atoms with E-state index in [1.807, 2.05) is 58.0 Å². The van der Waals surface area contributed by atoms with Crippen molar-refractivity contribution >= 4 is 6.21 Å². The fourth-order valence-electron chi connectivity index (χ4n) is 2.44. The SMILES string of the molecule is CCOc1ccccc1/C=N\n1c(C)nnc1-n1nc(C)cc1C. The fourth-order valence-corrected chi connectivity index (χ4v) is 2.44. The van der Waals surface area contributed by atoms with E-state index in [-0.39, 0.29) is 0 Å². The highest BCUT2D eigenvalue weighted by Gasteiger charge is 2.13. The van der Waals surface area contributed by atoms with E-state index in [0.29, 0.717) is 18.4 Å². The fraction of sp³-hybridized carbons (Fsp3) is 0.294. The molecule has 2 aromatic heterocycles. The van der Waals surface area contributed by atoms with E-state index < -0.39 is 0 Å². The summed E-state index contributed by atoms with van der Waals surface area (Å²) in [6, 6.07) is 9.75. The van der Waals surface area contributed by atoms with Gasteiger partial charge in [0.15, 0.2) is 5.82 Å². The number of para-hydroxylation sites is 1. The van der Waals surface area contributed by atoms with Gasteiger partial charge >= 0.3 is 0 Å². The van der Waals surface area contributed by atoms with Gasteiger partial charge in [-0.25, -0.2) is 4.68 Å². The predicted molar refractivity (Wildman–Crippen MR) is 92.0 cm³/mol. The number of hydrogen-bond donors (Lipinski definition) is 0. The summed E-state index contributed by atoms with van der Waals surface area (Å²) in [5, 5.41) is 17.3. The Hall–Kier alpha value is -2.96. The monoisotopic (exact) mass is 324 g/mol. The molecule has 3 aromatic rings. The van der Waals surface area contributed by atoms with Crippen molar-refractivity contribution in [3.8, 4) is 11.7 Å². The van der Waals surface area contributed by atoms with Crippen molar-refractivity contribution in [2.75, 3.05) is 6.61 Å². The van der Waals surface area contributed by atoms with E-state index >= 15 is 0 Å². The normalized spacial score (nSPS) is 11.3. The summed E-state index contributed by atoms with van der Waals surface area (Å²) >= 11 is 0. The van der Waals surface area contributed by atoms with Crippen LogP contribution >= 0.6 is 0 Å². The summed E-state index contributed by atoms with van der Waals surface area (Å²) in [5.74, 6) is 2.04. The molecule has 0 bridgehead atoms. The lowest BCUT2D eigenvalue weighted by atomic mass is 10.2. The molecule has 7 heteroatoms. The molecule has 1 aromatic carbocycles. The number of rotatable bonds is 5. The largest absolute Gasteiger partial charge is 0.493 e. The topological polar surface area (TPSA) is 70.1 Å². The maximum absolute atomic E-state index is 5.63. The van der Waals surface area contributed by atoms with Gasteiger partial charge in [0.05, 0.1) is 18.5 Å². The summed E-state index contributed by atoms with van der Waals surface area (Å²) in [4.78, 5) is 0. The van der Waals surface area contributed by atoms with Crippen LogP contribution in [0.4, 0.5) is 0 Å². The lowest BCUT2D eigenvalue weighted by Crippen LogP contribution is -2.08. The van der Waals surface area contributed by atoms with Crippen LogP contribution < -0.4 is 4.74 Å². The summed E-state index contributed by atoms with van der Waals surface area (Å²) in [6.45, 7) is 8.33. The Labute approximate surface area is 140 Å². The van der Waals surface area contributed by atoms with E-state index in [2.05, 4.69) is 20.4 Å². The Morgan fingerprint density at radius 1 is 1.17 bits per heavy atom. The van der Waals surface area contributed by atoms with Gasteiger partial charge in [-0.3, -0.25) is 0 Å². The van der Waals surface area contributed by atoms with E-state index in [0.717, 1.165) is 22.7 Å². The summed E-state index contributed by atoms with van der Waals surface area (Å²) in [5.41, 5.74) is 2.79. The van der Waals surface area contributed by atoms with Crippen LogP contribution in [-0.2, 0) is 0 Å². The summed E-state index contributed by atoms with van der Waals surface area (Å²) < 4.78 is 9.03. The molecule has 7 nitrogen and oxygen atoms in total. The van der Waals surface area contributed by atoms with Crippen LogP contribution in [0.2, 0.25) is 0 Å². The third-order valence-electron chi connectivity index (χ3n) is 3.51. The van der Waals surface area contributed by atoms with Gasteiger partial charge in [-0.2, -0.15) is 14.9 Å². The molecular formula is C17H20N6O. The highest BCUT2D eigenvalue weighted by molar-refractivity contribution is 5.83. The molecule has 24 heavy (non-hydrogen) atoms. The van der Waals surface area contributed by atoms with Crippen LogP contribution in [-0.4, -0.2) is 37.5 Å². The van der Waals surface area contributed by atoms with Crippen LogP contribution in [0, 0.1) is 20.8 Å². The zero-order valence-corrected chi connectivity index (χ0v) is 14.3. The van der Waals surface area contributed by atoms with E-state index in [1.54, 1.807) is 15.6 Å². The molecule has 0 N–H and O–H groups in total. The lowest BCUT2D eigenvalue weighted by Gasteiger charge is -2.07. The van der Waals surface area contributed by atoms with Crippen LogP contribution in [0.1, 0.15) is 29.7 Å². The van der Waals surface area contributed by atoms with E-state index in [1.165, 1.54) is 0 Å². The van der Waals surface area contributed by atoms with Gasteiger partial charge in [0.2, 0.25) is 0 Å². The van der Waals surface area contributed by atoms with E-state index in [9.17, 15) is 0 Å². The standard InChI is InChI=1S/C17H20N6O/c1-5-24-16-9-7-6-8-15(16)11-18-23-14(4)19-20-17(23)22-13(3)10-12(2)21-22/h6-11H,5H2,1-4H3/b18-11-. The average Bonchev–Trinajstić information content (AvgIpc) is 3.08. The summed E-state index contributed by atoms with van der Waals surface area (Å²) in [7, 11) is 0. The molecule has 0 unspecified atom stereocenters. The molecule has 0 saturated carbocycles. The molecule has 0 saturated heterocycles. The Morgan fingerprint density at radius 3 is 2.67 bits per heavy atom. The van der Waals surface area contributed by atoms with Crippen molar-refractivity contribution in [2.24, 2.45) is 5.10 Å². The molecule has 0 fully saturated rings. The number of aryl methyl sites for hydroxylation is 3. The van der Waals surface area contributed by atoms with Gasteiger partial charge in [0.1, 0.15) is 5.75 Å². The highest BCUT2D eigenvalue weighted by atomic mass is 16.5. The first-order valence-corrected chi connectivity index (χ1v) is 7.82. The molecular weight excluding hydrogens is 304 g/mol. The van der Waals surface area contributed by atoms with Gasteiger partial charge < -0.3 is 4.74 Å². The Bertz CT molecular complexity index is 877. The Balaban J connectivity index is 2.00. The molecule has 0 aliphatic rings. The van der Waals surface area contributed by atoms with Crippen molar-refractivity contribution in [1.82, 2.24) is 24.7 Å². The first kappa shape index (κ1) is 15.9. The molecule has 0 spiro atoms. The maximum Gasteiger partial charge on any atom is 0.273 e. The molecule has 0 amide bonds. The smallest absolute Gasteiger partial charge is 0.273 e.